The Labute approximate surface area is 89.3 Å². The summed E-state index contributed by atoms with van der Waals surface area (Å²) in [4.78, 5) is 0. The predicted octanol–water partition coefficient (Wildman–Crippen LogP) is 2.44. The quantitative estimate of drug-likeness (QED) is 0.801. The lowest BCUT2D eigenvalue weighted by Crippen LogP contribution is -2.00. The maximum absolute atomic E-state index is 9.70. The summed E-state index contributed by atoms with van der Waals surface area (Å²) in [6, 6.07) is 11.7. The minimum absolute atomic E-state index is 0.349. The van der Waals surface area contributed by atoms with Gasteiger partial charge in [0.2, 0.25) is 0 Å². The molecule has 0 saturated carbocycles. The highest BCUT2D eigenvalue weighted by molar-refractivity contribution is 5.90. The van der Waals surface area contributed by atoms with Gasteiger partial charge >= 0.3 is 0 Å². The molecular weight excluding hydrogens is 186 g/mol. The molecule has 3 N–H and O–H groups in total. The Morgan fingerprint density at radius 1 is 1.00 bits per heavy atom. The van der Waals surface area contributed by atoms with E-state index in [1.165, 1.54) is 5.56 Å². The average Bonchev–Trinajstić information content (AvgIpc) is 2.27. The smallest absolute Gasteiger partial charge is 0.123 e. The third-order valence-corrected chi connectivity index (χ3v) is 2.64. The summed E-state index contributed by atoms with van der Waals surface area (Å²) >= 11 is 0. The van der Waals surface area contributed by atoms with Gasteiger partial charge in [0.05, 0.1) is 0 Å². The van der Waals surface area contributed by atoms with Crippen LogP contribution in [0.1, 0.15) is 12.0 Å². The molecule has 2 rings (SSSR count). The minimum atomic E-state index is 0.349. The Bertz CT molecular complexity index is 465. The van der Waals surface area contributed by atoms with Crippen LogP contribution < -0.4 is 5.73 Å². The van der Waals surface area contributed by atoms with Gasteiger partial charge in [0.25, 0.3) is 0 Å². The normalized spacial score (nSPS) is 10.7. The summed E-state index contributed by atoms with van der Waals surface area (Å²) in [6.07, 6.45) is 1.95. The number of hydrogen-bond acceptors (Lipinski definition) is 2. The van der Waals surface area contributed by atoms with E-state index in [-0.39, 0.29) is 0 Å². The van der Waals surface area contributed by atoms with Crippen molar-refractivity contribution < 1.29 is 5.11 Å². The minimum Gasteiger partial charge on any atom is -0.507 e. The fraction of sp³-hybridized carbons (Fsp3) is 0.231. The standard InChI is InChI=1S/C13H15NO/c14-9-3-5-10-4-1-7-12-11(10)6-2-8-13(12)15/h1-2,4,6-8,15H,3,5,9,14H2. The van der Waals surface area contributed by atoms with Crippen LogP contribution in [0.4, 0.5) is 0 Å². The molecule has 2 aromatic carbocycles. The highest BCUT2D eigenvalue weighted by Gasteiger charge is 2.02. The molecule has 0 spiro atoms. The Morgan fingerprint density at radius 3 is 2.53 bits per heavy atom. The maximum Gasteiger partial charge on any atom is 0.123 e. The van der Waals surface area contributed by atoms with Crippen LogP contribution in [0.5, 0.6) is 5.75 Å². The van der Waals surface area contributed by atoms with Gasteiger partial charge < -0.3 is 10.8 Å². The lowest BCUT2D eigenvalue weighted by Gasteiger charge is -2.06. The third kappa shape index (κ3) is 1.95. The molecular formula is C13H15NO. The number of benzene rings is 2. The Balaban J connectivity index is 2.51. The molecule has 0 heterocycles. The van der Waals surface area contributed by atoms with Crippen LogP contribution in [0.15, 0.2) is 36.4 Å². The van der Waals surface area contributed by atoms with Crippen LogP contribution in [-0.2, 0) is 6.42 Å². The van der Waals surface area contributed by atoms with E-state index in [0.717, 1.165) is 23.6 Å². The first-order chi connectivity index (χ1) is 7.33. The van der Waals surface area contributed by atoms with E-state index in [1.54, 1.807) is 6.07 Å². The van der Waals surface area contributed by atoms with Gasteiger partial charge in [-0.2, -0.15) is 0 Å². The Hall–Kier alpha value is -1.54. The summed E-state index contributed by atoms with van der Waals surface area (Å²) in [5.74, 6) is 0.349. The van der Waals surface area contributed by atoms with Gasteiger partial charge in [-0.3, -0.25) is 0 Å². The zero-order chi connectivity index (χ0) is 10.7. The lowest BCUT2D eigenvalue weighted by atomic mass is 10.0. The molecule has 0 aliphatic carbocycles. The molecule has 0 unspecified atom stereocenters. The molecule has 15 heavy (non-hydrogen) atoms. The summed E-state index contributed by atoms with van der Waals surface area (Å²) in [5, 5.41) is 11.8. The molecule has 0 saturated heterocycles. The number of phenols is 1. The van der Waals surface area contributed by atoms with E-state index in [1.807, 2.05) is 24.3 Å². The summed E-state index contributed by atoms with van der Waals surface area (Å²) < 4.78 is 0. The zero-order valence-electron chi connectivity index (χ0n) is 8.61. The van der Waals surface area contributed by atoms with E-state index in [2.05, 4.69) is 6.07 Å². The molecule has 0 fully saturated rings. The number of nitrogens with two attached hydrogens (primary N) is 1. The first-order valence-corrected chi connectivity index (χ1v) is 5.22. The van der Waals surface area contributed by atoms with Crippen molar-refractivity contribution >= 4 is 10.8 Å². The highest BCUT2D eigenvalue weighted by Crippen LogP contribution is 2.27. The van der Waals surface area contributed by atoms with E-state index in [4.69, 9.17) is 5.73 Å². The van der Waals surface area contributed by atoms with Crippen LogP contribution in [0, 0.1) is 0 Å². The number of aromatic hydroxyl groups is 1. The van der Waals surface area contributed by atoms with Crippen molar-refractivity contribution in [2.45, 2.75) is 12.8 Å². The monoisotopic (exact) mass is 201 g/mol. The van der Waals surface area contributed by atoms with Crippen LogP contribution in [0.2, 0.25) is 0 Å². The van der Waals surface area contributed by atoms with Crippen LogP contribution >= 0.6 is 0 Å². The van der Waals surface area contributed by atoms with Crippen molar-refractivity contribution in [1.29, 1.82) is 0 Å². The molecule has 0 aromatic heterocycles. The fourth-order valence-corrected chi connectivity index (χ4v) is 1.87. The number of aryl methyl sites for hydroxylation is 1. The fourth-order valence-electron chi connectivity index (χ4n) is 1.87. The number of hydrogen-bond donors (Lipinski definition) is 2. The molecule has 0 bridgehead atoms. The summed E-state index contributed by atoms with van der Waals surface area (Å²) in [7, 11) is 0. The van der Waals surface area contributed by atoms with Crippen molar-refractivity contribution in [3.63, 3.8) is 0 Å². The van der Waals surface area contributed by atoms with Crippen LogP contribution in [-0.4, -0.2) is 11.7 Å². The molecule has 0 amide bonds. The van der Waals surface area contributed by atoms with Crippen molar-refractivity contribution in [2.75, 3.05) is 6.54 Å². The highest BCUT2D eigenvalue weighted by atomic mass is 16.3. The molecule has 0 atom stereocenters. The molecule has 78 valence electrons. The van der Waals surface area contributed by atoms with Crippen molar-refractivity contribution in [3.8, 4) is 5.75 Å². The van der Waals surface area contributed by atoms with Gasteiger partial charge in [-0.05, 0) is 36.4 Å². The predicted molar refractivity (Wildman–Crippen MR) is 63.0 cm³/mol. The largest absolute Gasteiger partial charge is 0.507 e. The second-order valence-electron chi connectivity index (χ2n) is 3.68. The Kier molecular flexibility index (Phi) is 2.88. The molecule has 0 aliphatic heterocycles. The van der Waals surface area contributed by atoms with Gasteiger partial charge in [0.1, 0.15) is 5.75 Å². The van der Waals surface area contributed by atoms with Gasteiger partial charge in [-0.25, -0.2) is 0 Å². The van der Waals surface area contributed by atoms with E-state index < -0.39 is 0 Å². The first kappa shape index (κ1) is 9.99. The summed E-state index contributed by atoms with van der Waals surface area (Å²) in [5.41, 5.74) is 6.76. The lowest BCUT2D eigenvalue weighted by molar-refractivity contribution is 0.481. The van der Waals surface area contributed by atoms with Crippen molar-refractivity contribution in [3.05, 3.63) is 42.0 Å². The van der Waals surface area contributed by atoms with Gasteiger partial charge in [0, 0.05) is 5.39 Å². The SMILES string of the molecule is NCCCc1cccc2c(O)cccc12. The van der Waals surface area contributed by atoms with Crippen LogP contribution in [0.3, 0.4) is 0 Å². The average molecular weight is 201 g/mol. The maximum atomic E-state index is 9.70. The van der Waals surface area contributed by atoms with E-state index in [9.17, 15) is 5.11 Å². The molecule has 0 radical (unpaired) electrons. The second-order valence-corrected chi connectivity index (χ2v) is 3.68. The topological polar surface area (TPSA) is 46.2 Å². The second kappa shape index (κ2) is 4.32. The molecule has 0 aliphatic rings. The van der Waals surface area contributed by atoms with Gasteiger partial charge in [-0.1, -0.05) is 30.3 Å². The molecule has 2 nitrogen and oxygen atoms in total. The van der Waals surface area contributed by atoms with Crippen molar-refractivity contribution in [1.82, 2.24) is 0 Å². The summed E-state index contributed by atoms with van der Waals surface area (Å²) in [6.45, 7) is 0.704. The third-order valence-electron chi connectivity index (χ3n) is 2.64. The van der Waals surface area contributed by atoms with E-state index >= 15 is 0 Å². The van der Waals surface area contributed by atoms with Crippen molar-refractivity contribution in [2.24, 2.45) is 5.73 Å². The molecule has 2 aromatic rings. The van der Waals surface area contributed by atoms with E-state index in [0.29, 0.717) is 12.3 Å². The van der Waals surface area contributed by atoms with Gasteiger partial charge in [0.15, 0.2) is 0 Å². The number of phenolic OH excluding ortho intramolecular Hbond substituents is 1. The number of rotatable bonds is 3. The van der Waals surface area contributed by atoms with Crippen LogP contribution in [0.25, 0.3) is 10.8 Å². The first-order valence-electron chi connectivity index (χ1n) is 5.22. The zero-order valence-corrected chi connectivity index (χ0v) is 8.61. The Morgan fingerprint density at radius 2 is 1.73 bits per heavy atom. The van der Waals surface area contributed by atoms with Gasteiger partial charge in [-0.15, -0.1) is 0 Å². The molecule has 2 heteroatoms. The number of fused-ring (bicyclic) bond motifs is 1.